The second-order valence-electron chi connectivity index (χ2n) is 4.82. The summed E-state index contributed by atoms with van der Waals surface area (Å²) in [5.41, 5.74) is 1.60. The number of fused-ring (bicyclic) bond motifs is 1. The lowest BCUT2D eigenvalue weighted by Gasteiger charge is -2.22. The number of aryl methyl sites for hydroxylation is 1. The van der Waals surface area contributed by atoms with Gasteiger partial charge in [0.1, 0.15) is 0 Å². The fourth-order valence-corrected chi connectivity index (χ4v) is 4.95. The monoisotopic (exact) mass is 269 g/mol. The van der Waals surface area contributed by atoms with Crippen LogP contribution >= 0.6 is 23.1 Å². The Morgan fingerprint density at radius 1 is 1.41 bits per heavy atom. The first kappa shape index (κ1) is 13.4. The van der Waals surface area contributed by atoms with E-state index < -0.39 is 0 Å². The molecule has 0 spiro atoms. The minimum atomic E-state index is 0.561. The molecule has 0 aromatic carbocycles. The van der Waals surface area contributed by atoms with Crippen LogP contribution in [-0.4, -0.2) is 12.3 Å². The van der Waals surface area contributed by atoms with E-state index >= 15 is 0 Å². The molecule has 1 aromatic rings. The Kier molecular flexibility index (Phi) is 4.95. The highest BCUT2D eigenvalue weighted by molar-refractivity contribution is 7.98. The highest BCUT2D eigenvalue weighted by atomic mass is 32.2. The summed E-state index contributed by atoms with van der Waals surface area (Å²) in [6.45, 7) is 7.92. The van der Waals surface area contributed by atoms with Crippen molar-refractivity contribution in [1.29, 1.82) is 0 Å². The summed E-state index contributed by atoms with van der Waals surface area (Å²) in [4.78, 5) is 3.21. The topological polar surface area (TPSA) is 12.0 Å². The molecule has 0 radical (unpaired) electrons. The fraction of sp³-hybridized carbons (Fsp3) is 0.714. The minimum absolute atomic E-state index is 0.561. The smallest absolute Gasteiger partial charge is 0.0440 e. The lowest BCUT2D eigenvalue weighted by atomic mass is 9.97. The second-order valence-corrected chi connectivity index (χ2v) is 7.09. The summed E-state index contributed by atoms with van der Waals surface area (Å²) in [7, 11) is 0. The molecule has 0 aliphatic carbocycles. The van der Waals surface area contributed by atoms with Crippen molar-refractivity contribution in [2.45, 2.75) is 45.4 Å². The zero-order chi connectivity index (χ0) is 12.3. The predicted molar refractivity (Wildman–Crippen MR) is 80.1 cm³/mol. The quantitative estimate of drug-likeness (QED) is 0.858. The Bertz CT molecular complexity index is 336. The normalized spacial score (nSPS) is 18.8. The van der Waals surface area contributed by atoms with Crippen molar-refractivity contribution in [2.24, 2.45) is 5.92 Å². The van der Waals surface area contributed by atoms with Gasteiger partial charge >= 0.3 is 0 Å². The van der Waals surface area contributed by atoms with Gasteiger partial charge in [-0.1, -0.05) is 27.2 Å². The van der Waals surface area contributed by atoms with Crippen LogP contribution in [0.5, 0.6) is 0 Å². The van der Waals surface area contributed by atoms with Gasteiger partial charge in [0.05, 0.1) is 0 Å². The molecule has 3 heteroatoms. The van der Waals surface area contributed by atoms with Gasteiger partial charge in [-0.05, 0) is 36.3 Å². The molecule has 0 bridgehead atoms. The SMILES string of the molecule is CCNC(c1cc2c(s1)CCSC2)C(C)CC. The third-order valence-electron chi connectivity index (χ3n) is 3.59. The predicted octanol–water partition coefficient (Wildman–Crippen LogP) is 4.23. The molecule has 1 N–H and O–H groups in total. The average molecular weight is 269 g/mol. The highest BCUT2D eigenvalue weighted by Crippen LogP contribution is 2.37. The Labute approximate surface area is 113 Å². The van der Waals surface area contributed by atoms with Crippen LogP contribution in [0.15, 0.2) is 6.07 Å². The van der Waals surface area contributed by atoms with Gasteiger partial charge in [0.15, 0.2) is 0 Å². The number of nitrogens with one attached hydrogen (secondary N) is 1. The highest BCUT2D eigenvalue weighted by Gasteiger charge is 2.22. The second kappa shape index (κ2) is 6.26. The molecule has 2 heterocycles. The third kappa shape index (κ3) is 3.07. The van der Waals surface area contributed by atoms with Crippen LogP contribution < -0.4 is 5.32 Å². The lowest BCUT2D eigenvalue weighted by molar-refractivity contribution is 0.389. The van der Waals surface area contributed by atoms with E-state index in [1.54, 1.807) is 15.3 Å². The van der Waals surface area contributed by atoms with Gasteiger partial charge in [0, 0.05) is 21.5 Å². The van der Waals surface area contributed by atoms with E-state index in [1.807, 2.05) is 0 Å². The van der Waals surface area contributed by atoms with Crippen molar-refractivity contribution >= 4 is 23.1 Å². The van der Waals surface area contributed by atoms with Crippen LogP contribution in [0.1, 0.15) is 48.6 Å². The third-order valence-corrected chi connectivity index (χ3v) is 5.92. The molecule has 0 saturated carbocycles. The van der Waals surface area contributed by atoms with E-state index in [9.17, 15) is 0 Å². The zero-order valence-corrected chi connectivity index (χ0v) is 12.7. The Balaban J connectivity index is 2.20. The molecule has 1 aliphatic rings. The van der Waals surface area contributed by atoms with E-state index in [2.05, 4.69) is 55.3 Å². The molecule has 17 heavy (non-hydrogen) atoms. The van der Waals surface area contributed by atoms with Crippen molar-refractivity contribution in [3.05, 3.63) is 21.4 Å². The lowest BCUT2D eigenvalue weighted by Crippen LogP contribution is -2.25. The maximum Gasteiger partial charge on any atom is 0.0440 e. The van der Waals surface area contributed by atoms with Gasteiger partial charge in [-0.3, -0.25) is 0 Å². The molecule has 2 rings (SSSR count). The molecule has 0 amide bonds. The van der Waals surface area contributed by atoms with E-state index in [1.165, 1.54) is 24.3 Å². The van der Waals surface area contributed by atoms with Crippen molar-refractivity contribution in [3.8, 4) is 0 Å². The fourth-order valence-electron chi connectivity index (χ4n) is 2.36. The van der Waals surface area contributed by atoms with Gasteiger partial charge < -0.3 is 5.32 Å². The number of hydrogen-bond acceptors (Lipinski definition) is 3. The summed E-state index contributed by atoms with van der Waals surface area (Å²) in [5, 5.41) is 3.66. The molecule has 2 atom stereocenters. The van der Waals surface area contributed by atoms with Gasteiger partial charge in [-0.2, -0.15) is 11.8 Å². The van der Waals surface area contributed by atoms with Crippen molar-refractivity contribution in [3.63, 3.8) is 0 Å². The van der Waals surface area contributed by atoms with Crippen LogP contribution in [-0.2, 0) is 12.2 Å². The standard InChI is InChI=1S/C14H23NS2/c1-4-10(3)14(15-5-2)13-8-11-9-16-7-6-12(11)17-13/h8,10,14-15H,4-7,9H2,1-3H3. The van der Waals surface area contributed by atoms with E-state index in [0.29, 0.717) is 6.04 Å². The van der Waals surface area contributed by atoms with Gasteiger partial charge in [-0.25, -0.2) is 0 Å². The summed E-state index contributed by atoms with van der Waals surface area (Å²) >= 11 is 4.13. The summed E-state index contributed by atoms with van der Waals surface area (Å²) < 4.78 is 0. The van der Waals surface area contributed by atoms with Gasteiger partial charge in [0.25, 0.3) is 0 Å². The number of thioether (sulfide) groups is 1. The maximum atomic E-state index is 3.66. The van der Waals surface area contributed by atoms with Gasteiger partial charge in [-0.15, -0.1) is 11.3 Å². The largest absolute Gasteiger partial charge is 0.309 e. The Morgan fingerprint density at radius 2 is 2.24 bits per heavy atom. The van der Waals surface area contributed by atoms with E-state index in [0.717, 1.165) is 12.5 Å². The average Bonchev–Trinajstić information content (AvgIpc) is 2.78. The summed E-state index contributed by atoms with van der Waals surface area (Å²) in [6, 6.07) is 3.02. The zero-order valence-electron chi connectivity index (χ0n) is 11.1. The van der Waals surface area contributed by atoms with Crippen LogP contribution in [0.25, 0.3) is 0 Å². The molecule has 1 nitrogen and oxygen atoms in total. The van der Waals surface area contributed by atoms with Crippen LogP contribution in [0.2, 0.25) is 0 Å². The van der Waals surface area contributed by atoms with Crippen LogP contribution in [0.3, 0.4) is 0 Å². The van der Waals surface area contributed by atoms with E-state index in [4.69, 9.17) is 0 Å². The number of thiophene rings is 1. The summed E-state index contributed by atoms with van der Waals surface area (Å²) in [5.74, 6) is 3.26. The minimum Gasteiger partial charge on any atom is -0.309 e. The molecule has 2 unspecified atom stereocenters. The van der Waals surface area contributed by atoms with Crippen molar-refractivity contribution < 1.29 is 0 Å². The first-order chi connectivity index (χ1) is 8.26. The molecular formula is C14H23NS2. The van der Waals surface area contributed by atoms with Gasteiger partial charge in [0.2, 0.25) is 0 Å². The first-order valence-electron chi connectivity index (χ1n) is 6.68. The molecule has 0 fully saturated rings. The summed E-state index contributed by atoms with van der Waals surface area (Å²) in [6.07, 6.45) is 2.53. The van der Waals surface area contributed by atoms with Crippen LogP contribution in [0, 0.1) is 5.92 Å². The first-order valence-corrected chi connectivity index (χ1v) is 8.66. The van der Waals surface area contributed by atoms with Crippen molar-refractivity contribution in [1.82, 2.24) is 5.32 Å². The number of rotatable bonds is 5. The molecule has 1 aliphatic heterocycles. The molecule has 0 saturated heterocycles. The Morgan fingerprint density at radius 3 is 2.88 bits per heavy atom. The Hall–Kier alpha value is 0.01000. The van der Waals surface area contributed by atoms with Crippen LogP contribution in [0.4, 0.5) is 0 Å². The van der Waals surface area contributed by atoms with Crippen molar-refractivity contribution in [2.75, 3.05) is 12.3 Å². The molecule has 96 valence electrons. The molecular weight excluding hydrogens is 246 g/mol. The maximum absolute atomic E-state index is 3.66. The number of hydrogen-bond donors (Lipinski definition) is 1. The van der Waals surface area contributed by atoms with E-state index in [-0.39, 0.29) is 0 Å². The molecule has 1 aromatic heterocycles.